The Morgan fingerprint density at radius 2 is 1.64 bits per heavy atom. The summed E-state index contributed by atoms with van der Waals surface area (Å²) >= 11 is 0. The number of carbonyl (C=O) groups excluding carboxylic acids is 1. The summed E-state index contributed by atoms with van der Waals surface area (Å²) in [6.07, 6.45) is 0. The predicted molar refractivity (Wildman–Crippen MR) is 157 cm³/mol. The lowest BCUT2D eigenvalue weighted by atomic mass is 9.97. The van der Waals surface area contributed by atoms with Crippen LogP contribution in [-0.4, -0.2) is 46.9 Å². The molecular weight excluding hydrogens is 490 g/mol. The summed E-state index contributed by atoms with van der Waals surface area (Å²) in [5.41, 5.74) is 6.16. The molecule has 0 radical (unpaired) electrons. The van der Waals surface area contributed by atoms with Crippen LogP contribution in [0.4, 0.5) is 21.9 Å². The fourth-order valence-electron chi connectivity index (χ4n) is 4.53. The van der Waals surface area contributed by atoms with Gasteiger partial charge in [-0.05, 0) is 82.8 Å². The molecule has 9 nitrogen and oxygen atoms in total. The first-order chi connectivity index (χ1) is 18.7. The van der Waals surface area contributed by atoms with Crippen LogP contribution < -0.4 is 20.3 Å². The van der Waals surface area contributed by atoms with Crippen molar-refractivity contribution in [1.29, 1.82) is 0 Å². The molecule has 0 aliphatic carbocycles. The molecule has 4 rings (SSSR count). The highest BCUT2D eigenvalue weighted by Crippen LogP contribution is 2.38. The summed E-state index contributed by atoms with van der Waals surface area (Å²) in [4.78, 5) is 15.5. The monoisotopic (exact) mass is 527 g/mol. The number of tetrazole rings is 1. The standard InChI is InChI=1S/C30H37N7O2/c1-19(2)17-37(18-20(3)4)28-14-9-22(15-27(28)32-30(38)31-23-10-7-21(5)8-11-23)25-13-12-24(39-6)16-26(25)29-33-35-36-34-29/h7-16,19-20H,17-18H2,1-6H3,(H2,31,32,38)(H,33,34,35,36). The van der Waals surface area contributed by atoms with Gasteiger partial charge in [-0.3, -0.25) is 0 Å². The van der Waals surface area contributed by atoms with Crippen molar-refractivity contribution < 1.29 is 9.53 Å². The number of aromatic nitrogens is 4. The fraction of sp³-hybridized carbons (Fsp3) is 0.333. The van der Waals surface area contributed by atoms with Gasteiger partial charge in [0.1, 0.15) is 5.75 Å². The van der Waals surface area contributed by atoms with Gasteiger partial charge in [-0.1, -0.05) is 51.5 Å². The third kappa shape index (κ3) is 7.13. The van der Waals surface area contributed by atoms with Gasteiger partial charge >= 0.3 is 6.03 Å². The maximum Gasteiger partial charge on any atom is 0.323 e. The highest BCUT2D eigenvalue weighted by Gasteiger charge is 2.19. The SMILES string of the molecule is COc1ccc(-c2ccc(N(CC(C)C)CC(C)C)c(NC(=O)Nc3ccc(C)cc3)c2)c(-c2nnn[nH]2)c1. The van der Waals surface area contributed by atoms with Crippen LogP contribution in [0.5, 0.6) is 5.75 Å². The summed E-state index contributed by atoms with van der Waals surface area (Å²) in [6, 6.07) is 19.3. The average Bonchev–Trinajstić information content (AvgIpc) is 3.44. The Labute approximate surface area is 230 Å². The number of hydrogen-bond acceptors (Lipinski definition) is 6. The van der Waals surface area contributed by atoms with Crippen molar-refractivity contribution in [1.82, 2.24) is 20.6 Å². The zero-order valence-electron chi connectivity index (χ0n) is 23.4. The summed E-state index contributed by atoms with van der Waals surface area (Å²) in [5, 5.41) is 20.6. The second kappa shape index (κ2) is 12.4. The van der Waals surface area contributed by atoms with Crippen LogP contribution in [-0.2, 0) is 0 Å². The minimum Gasteiger partial charge on any atom is -0.497 e. The molecule has 39 heavy (non-hydrogen) atoms. The summed E-state index contributed by atoms with van der Waals surface area (Å²) < 4.78 is 5.45. The molecular formula is C30H37N7O2. The zero-order valence-corrected chi connectivity index (χ0v) is 23.4. The summed E-state index contributed by atoms with van der Waals surface area (Å²) in [7, 11) is 1.62. The Bertz CT molecular complexity index is 1370. The van der Waals surface area contributed by atoms with Crippen LogP contribution >= 0.6 is 0 Å². The van der Waals surface area contributed by atoms with Crippen molar-refractivity contribution in [2.75, 3.05) is 35.7 Å². The zero-order chi connectivity index (χ0) is 27.9. The van der Waals surface area contributed by atoms with E-state index in [-0.39, 0.29) is 6.03 Å². The van der Waals surface area contributed by atoms with Crippen LogP contribution in [0, 0.1) is 18.8 Å². The van der Waals surface area contributed by atoms with Gasteiger partial charge in [0.15, 0.2) is 5.82 Å². The lowest BCUT2D eigenvalue weighted by molar-refractivity contribution is 0.262. The number of urea groups is 1. The van der Waals surface area contributed by atoms with E-state index in [4.69, 9.17) is 4.74 Å². The van der Waals surface area contributed by atoms with Gasteiger partial charge in [-0.25, -0.2) is 9.89 Å². The molecule has 1 aromatic heterocycles. The molecule has 4 aromatic rings. The molecule has 9 heteroatoms. The summed E-state index contributed by atoms with van der Waals surface area (Å²) in [5.74, 6) is 2.12. The molecule has 0 aliphatic heterocycles. The lowest BCUT2D eigenvalue weighted by Gasteiger charge is -2.31. The van der Waals surface area contributed by atoms with Crippen LogP contribution in [0.3, 0.4) is 0 Å². The molecule has 204 valence electrons. The van der Waals surface area contributed by atoms with Gasteiger partial charge in [0.25, 0.3) is 0 Å². The minimum absolute atomic E-state index is 0.305. The number of ether oxygens (including phenoxy) is 1. The van der Waals surface area contributed by atoms with E-state index in [1.54, 1.807) is 7.11 Å². The second-order valence-corrected chi connectivity index (χ2v) is 10.5. The number of hydrogen-bond donors (Lipinski definition) is 3. The first kappa shape index (κ1) is 27.6. The number of nitrogens with zero attached hydrogens (tertiary/aromatic N) is 4. The van der Waals surface area contributed by atoms with Crippen molar-refractivity contribution in [2.45, 2.75) is 34.6 Å². The number of anilines is 3. The van der Waals surface area contributed by atoms with Crippen molar-refractivity contribution >= 4 is 23.1 Å². The molecule has 3 N–H and O–H groups in total. The Morgan fingerprint density at radius 3 is 2.26 bits per heavy atom. The lowest BCUT2D eigenvalue weighted by Crippen LogP contribution is -2.32. The first-order valence-corrected chi connectivity index (χ1v) is 13.2. The average molecular weight is 528 g/mol. The van der Waals surface area contributed by atoms with E-state index < -0.39 is 0 Å². The van der Waals surface area contributed by atoms with Gasteiger partial charge in [-0.15, -0.1) is 5.10 Å². The minimum atomic E-state index is -0.305. The number of amides is 2. The second-order valence-electron chi connectivity index (χ2n) is 10.5. The van der Waals surface area contributed by atoms with Gasteiger partial charge < -0.3 is 20.3 Å². The van der Waals surface area contributed by atoms with Crippen LogP contribution in [0.25, 0.3) is 22.5 Å². The van der Waals surface area contributed by atoms with Crippen molar-refractivity contribution in [3.05, 3.63) is 66.2 Å². The van der Waals surface area contributed by atoms with E-state index in [9.17, 15) is 4.79 Å². The molecule has 0 aliphatic rings. The molecule has 0 unspecified atom stereocenters. The number of benzene rings is 3. The molecule has 1 heterocycles. The van der Waals surface area contributed by atoms with Gasteiger partial charge in [0.2, 0.25) is 0 Å². The van der Waals surface area contributed by atoms with E-state index >= 15 is 0 Å². The normalized spacial score (nSPS) is 11.1. The molecule has 0 spiro atoms. The smallest absolute Gasteiger partial charge is 0.323 e. The maximum absolute atomic E-state index is 13.2. The molecule has 3 aromatic carbocycles. The fourth-order valence-corrected chi connectivity index (χ4v) is 4.53. The number of aromatic amines is 1. The highest BCUT2D eigenvalue weighted by molar-refractivity contribution is 6.02. The number of aryl methyl sites for hydroxylation is 1. The maximum atomic E-state index is 13.2. The van der Waals surface area contributed by atoms with E-state index in [1.165, 1.54) is 0 Å². The molecule has 0 saturated heterocycles. The molecule has 0 saturated carbocycles. The number of nitrogens with one attached hydrogen (secondary N) is 3. The number of H-pyrrole nitrogens is 1. The van der Waals surface area contributed by atoms with Crippen LogP contribution in [0.2, 0.25) is 0 Å². The predicted octanol–water partition coefficient (Wildman–Crippen LogP) is 6.61. The molecule has 0 bridgehead atoms. The van der Waals surface area contributed by atoms with Crippen molar-refractivity contribution in [2.24, 2.45) is 11.8 Å². The van der Waals surface area contributed by atoms with E-state index in [1.807, 2.05) is 55.5 Å². The van der Waals surface area contributed by atoms with E-state index in [0.717, 1.165) is 52.4 Å². The molecule has 0 atom stereocenters. The Balaban J connectivity index is 1.77. The van der Waals surface area contributed by atoms with E-state index in [0.29, 0.717) is 23.4 Å². The highest BCUT2D eigenvalue weighted by atomic mass is 16.5. The number of carbonyl (C=O) groups is 1. The topological polar surface area (TPSA) is 108 Å². The van der Waals surface area contributed by atoms with Crippen molar-refractivity contribution in [3.8, 4) is 28.3 Å². The first-order valence-electron chi connectivity index (χ1n) is 13.2. The number of rotatable bonds is 10. The Hall–Kier alpha value is -4.40. The largest absolute Gasteiger partial charge is 0.497 e. The van der Waals surface area contributed by atoms with Gasteiger partial charge in [0, 0.05) is 24.3 Å². The van der Waals surface area contributed by atoms with E-state index in [2.05, 4.69) is 76.0 Å². The van der Waals surface area contributed by atoms with Crippen LogP contribution in [0.1, 0.15) is 33.3 Å². The third-order valence-electron chi connectivity index (χ3n) is 6.20. The van der Waals surface area contributed by atoms with Gasteiger partial charge in [-0.2, -0.15) is 0 Å². The van der Waals surface area contributed by atoms with Crippen molar-refractivity contribution in [3.63, 3.8) is 0 Å². The number of methoxy groups -OCH3 is 1. The Kier molecular flexibility index (Phi) is 8.81. The van der Waals surface area contributed by atoms with Gasteiger partial charge in [0.05, 0.1) is 18.5 Å². The molecule has 2 amide bonds. The quantitative estimate of drug-likeness (QED) is 0.214. The van der Waals surface area contributed by atoms with Crippen LogP contribution in [0.15, 0.2) is 60.7 Å². The molecule has 0 fully saturated rings. The third-order valence-corrected chi connectivity index (χ3v) is 6.20. The summed E-state index contributed by atoms with van der Waals surface area (Å²) in [6.45, 7) is 12.6. The Morgan fingerprint density at radius 1 is 0.923 bits per heavy atom.